The Labute approximate surface area is 116 Å². The fraction of sp³-hybridized carbons (Fsp3) is 0.571. The zero-order valence-corrected chi connectivity index (χ0v) is 12.9. The van der Waals surface area contributed by atoms with E-state index in [-0.39, 0.29) is 11.5 Å². The highest BCUT2D eigenvalue weighted by atomic mass is 32.2. The molecule has 0 aliphatic rings. The average molecular weight is 285 g/mol. The molecule has 0 bridgehead atoms. The van der Waals surface area contributed by atoms with Crippen LogP contribution in [0.25, 0.3) is 0 Å². The molecular formula is C14H23NO3S. The first kappa shape index (κ1) is 16.1. The monoisotopic (exact) mass is 285 g/mol. The third kappa shape index (κ3) is 3.78. The van der Waals surface area contributed by atoms with E-state index in [0.717, 1.165) is 6.42 Å². The molecule has 0 aromatic heterocycles. The molecule has 1 unspecified atom stereocenters. The number of hydrogen-bond acceptors (Lipinski definition) is 3. The highest BCUT2D eigenvalue weighted by Crippen LogP contribution is 2.21. The summed E-state index contributed by atoms with van der Waals surface area (Å²) >= 11 is 0. The molecule has 108 valence electrons. The largest absolute Gasteiger partial charge is 0.392 e. The predicted octanol–water partition coefficient (Wildman–Crippen LogP) is 2.15. The summed E-state index contributed by atoms with van der Waals surface area (Å²) in [6.07, 6.45) is 0.940. The molecule has 0 radical (unpaired) electrons. The van der Waals surface area contributed by atoms with Crippen LogP contribution in [0.15, 0.2) is 23.1 Å². The molecule has 19 heavy (non-hydrogen) atoms. The van der Waals surface area contributed by atoms with Gasteiger partial charge < -0.3 is 5.11 Å². The third-order valence-corrected chi connectivity index (χ3v) is 5.35. The predicted molar refractivity (Wildman–Crippen MR) is 76.4 cm³/mol. The van der Waals surface area contributed by atoms with Gasteiger partial charge in [0.2, 0.25) is 10.0 Å². The van der Waals surface area contributed by atoms with Crippen molar-refractivity contribution < 1.29 is 13.5 Å². The van der Waals surface area contributed by atoms with E-state index in [2.05, 4.69) is 0 Å². The van der Waals surface area contributed by atoms with Gasteiger partial charge >= 0.3 is 0 Å². The molecule has 1 aromatic carbocycles. The van der Waals surface area contributed by atoms with Crippen molar-refractivity contribution in [3.8, 4) is 0 Å². The van der Waals surface area contributed by atoms with Gasteiger partial charge in [0.1, 0.15) is 0 Å². The number of aryl methyl sites for hydroxylation is 1. The molecule has 0 spiro atoms. The van der Waals surface area contributed by atoms with Gasteiger partial charge in [-0.2, -0.15) is 0 Å². The summed E-state index contributed by atoms with van der Waals surface area (Å²) in [6, 6.07) is 5.02. The van der Waals surface area contributed by atoms with Gasteiger partial charge in [-0.1, -0.05) is 32.4 Å². The number of rotatable bonds is 6. The summed E-state index contributed by atoms with van der Waals surface area (Å²) in [7, 11) is -1.88. The van der Waals surface area contributed by atoms with Crippen LogP contribution in [0.5, 0.6) is 0 Å². The van der Waals surface area contributed by atoms with Crippen molar-refractivity contribution >= 4 is 10.0 Å². The van der Waals surface area contributed by atoms with Crippen molar-refractivity contribution in [3.05, 3.63) is 29.3 Å². The summed E-state index contributed by atoms with van der Waals surface area (Å²) in [5.74, 6) is 0.320. The van der Waals surface area contributed by atoms with Gasteiger partial charge in [0, 0.05) is 13.6 Å². The first-order valence-electron chi connectivity index (χ1n) is 6.49. The molecule has 1 rings (SSSR count). The minimum Gasteiger partial charge on any atom is -0.392 e. The maximum Gasteiger partial charge on any atom is 0.243 e. The second-order valence-corrected chi connectivity index (χ2v) is 7.07. The van der Waals surface area contributed by atoms with E-state index >= 15 is 0 Å². The van der Waals surface area contributed by atoms with Crippen LogP contribution in [-0.4, -0.2) is 31.4 Å². The average Bonchev–Trinajstić information content (AvgIpc) is 2.38. The zero-order valence-electron chi connectivity index (χ0n) is 12.0. The lowest BCUT2D eigenvalue weighted by molar-refractivity contribution is 0.281. The topological polar surface area (TPSA) is 57.6 Å². The molecule has 1 N–H and O–H groups in total. The lowest BCUT2D eigenvalue weighted by Crippen LogP contribution is -2.31. The van der Waals surface area contributed by atoms with Gasteiger partial charge in [-0.15, -0.1) is 0 Å². The highest BCUT2D eigenvalue weighted by molar-refractivity contribution is 7.89. The van der Waals surface area contributed by atoms with Crippen molar-refractivity contribution in [3.63, 3.8) is 0 Å². The Hall–Kier alpha value is -0.910. The minimum atomic E-state index is -3.49. The van der Waals surface area contributed by atoms with Crippen LogP contribution in [0.3, 0.4) is 0 Å². The summed E-state index contributed by atoms with van der Waals surface area (Å²) in [5, 5.41) is 9.13. The summed E-state index contributed by atoms with van der Waals surface area (Å²) in [6.45, 7) is 6.19. The second kappa shape index (κ2) is 6.50. The molecule has 0 aliphatic heterocycles. The highest BCUT2D eigenvalue weighted by Gasteiger charge is 2.24. The maximum atomic E-state index is 12.5. The molecule has 0 heterocycles. The lowest BCUT2D eigenvalue weighted by Gasteiger charge is -2.21. The smallest absolute Gasteiger partial charge is 0.243 e. The Morgan fingerprint density at radius 2 is 2.00 bits per heavy atom. The Morgan fingerprint density at radius 3 is 2.53 bits per heavy atom. The van der Waals surface area contributed by atoms with E-state index in [1.165, 1.54) is 4.31 Å². The Morgan fingerprint density at radius 1 is 1.37 bits per heavy atom. The van der Waals surface area contributed by atoms with Crippen LogP contribution in [0.4, 0.5) is 0 Å². The van der Waals surface area contributed by atoms with Gasteiger partial charge in [0.25, 0.3) is 0 Å². The van der Waals surface area contributed by atoms with Gasteiger partial charge in [0.15, 0.2) is 0 Å². The van der Waals surface area contributed by atoms with E-state index in [1.54, 1.807) is 32.2 Å². The van der Waals surface area contributed by atoms with Gasteiger partial charge in [-0.3, -0.25) is 0 Å². The van der Waals surface area contributed by atoms with E-state index in [1.807, 2.05) is 13.8 Å². The molecule has 4 nitrogen and oxygen atoms in total. The molecule has 0 saturated carbocycles. The number of benzene rings is 1. The van der Waals surface area contributed by atoms with Crippen molar-refractivity contribution in [2.45, 2.75) is 38.7 Å². The normalized spacial score (nSPS) is 13.8. The van der Waals surface area contributed by atoms with Crippen LogP contribution in [0.1, 0.15) is 31.4 Å². The van der Waals surface area contributed by atoms with Gasteiger partial charge in [-0.05, 0) is 30.0 Å². The fourth-order valence-corrected chi connectivity index (χ4v) is 3.42. The first-order chi connectivity index (χ1) is 8.82. The lowest BCUT2D eigenvalue weighted by atomic mass is 10.1. The molecule has 0 saturated heterocycles. The summed E-state index contributed by atoms with van der Waals surface area (Å²) in [5.41, 5.74) is 1.31. The number of aliphatic hydroxyl groups excluding tert-OH is 1. The number of sulfonamides is 1. The van der Waals surface area contributed by atoms with Gasteiger partial charge in [-0.25, -0.2) is 12.7 Å². The molecule has 0 amide bonds. The van der Waals surface area contributed by atoms with E-state index in [0.29, 0.717) is 23.6 Å². The molecule has 1 aromatic rings. The Balaban J connectivity index is 3.12. The van der Waals surface area contributed by atoms with Crippen LogP contribution in [0.2, 0.25) is 0 Å². The second-order valence-electron chi connectivity index (χ2n) is 5.06. The zero-order chi connectivity index (χ0) is 14.6. The Kier molecular flexibility index (Phi) is 5.52. The first-order valence-corrected chi connectivity index (χ1v) is 7.93. The number of hydrogen-bond donors (Lipinski definition) is 1. The van der Waals surface area contributed by atoms with Crippen molar-refractivity contribution in [1.82, 2.24) is 4.31 Å². The van der Waals surface area contributed by atoms with Crippen molar-refractivity contribution in [2.24, 2.45) is 5.92 Å². The van der Waals surface area contributed by atoms with Crippen LogP contribution >= 0.6 is 0 Å². The molecule has 0 aliphatic carbocycles. The van der Waals surface area contributed by atoms with Crippen molar-refractivity contribution in [2.75, 3.05) is 13.6 Å². The maximum absolute atomic E-state index is 12.5. The number of aliphatic hydroxyl groups is 1. The van der Waals surface area contributed by atoms with Crippen LogP contribution in [-0.2, 0) is 16.6 Å². The molecule has 0 fully saturated rings. The summed E-state index contributed by atoms with van der Waals surface area (Å²) in [4.78, 5) is 0.282. The number of nitrogens with zero attached hydrogens (tertiary/aromatic N) is 1. The van der Waals surface area contributed by atoms with E-state index < -0.39 is 10.0 Å². The van der Waals surface area contributed by atoms with E-state index in [9.17, 15) is 8.42 Å². The standard InChI is InChI=1S/C14H23NO3S/c1-5-11(2)9-15(4)19(17,18)14-8-13(10-16)7-6-12(14)3/h6-8,11,16H,5,9-10H2,1-4H3. The third-order valence-electron chi connectivity index (χ3n) is 3.39. The van der Waals surface area contributed by atoms with Crippen LogP contribution in [0, 0.1) is 12.8 Å². The Bertz CT molecular complexity index is 525. The quantitative estimate of drug-likeness (QED) is 0.871. The molecule has 5 heteroatoms. The van der Waals surface area contributed by atoms with Crippen molar-refractivity contribution in [1.29, 1.82) is 0 Å². The van der Waals surface area contributed by atoms with E-state index in [4.69, 9.17) is 5.11 Å². The minimum absolute atomic E-state index is 0.155. The van der Waals surface area contributed by atoms with Crippen LogP contribution < -0.4 is 0 Å². The molecular weight excluding hydrogens is 262 g/mol. The SMILES string of the molecule is CCC(C)CN(C)S(=O)(=O)c1cc(CO)ccc1C. The van der Waals surface area contributed by atoms with Gasteiger partial charge in [0.05, 0.1) is 11.5 Å². The fourth-order valence-electron chi connectivity index (χ4n) is 1.85. The molecule has 1 atom stereocenters. The summed E-state index contributed by atoms with van der Waals surface area (Å²) < 4.78 is 26.4.